The summed E-state index contributed by atoms with van der Waals surface area (Å²) in [4.78, 5) is 32.5. The summed E-state index contributed by atoms with van der Waals surface area (Å²) < 4.78 is 1.97. The minimum Gasteiger partial charge on any atom is -0.347 e. The lowest BCUT2D eigenvalue weighted by molar-refractivity contribution is 0.0917. The Morgan fingerprint density at radius 2 is 1.76 bits per heavy atom. The summed E-state index contributed by atoms with van der Waals surface area (Å²) in [6.45, 7) is 0.748. The van der Waals surface area contributed by atoms with Crippen molar-refractivity contribution in [1.82, 2.24) is 14.9 Å². The molecule has 1 aliphatic carbocycles. The number of fused-ring (bicyclic) bond motifs is 1. The number of nitrogens with one attached hydrogen (secondary N) is 1. The van der Waals surface area contributed by atoms with Gasteiger partial charge in [-0.3, -0.25) is 9.59 Å². The fourth-order valence-electron chi connectivity index (χ4n) is 4.49. The number of rotatable bonds is 4. The maximum absolute atomic E-state index is 13.2. The molecule has 1 aromatic heterocycles. The van der Waals surface area contributed by atoms with Gasteiger partial charge in [0.2, 0.25) is 0 Å². The first-order valence-electron chi connectivity index (χ1n) is 10.9. The van der Waals surface area contributed by atoms with Crippen molar-refractivity contribution < 1.29 is 9.59 Å². The highest BCUT2D eigenvalue weighted by molar-refractivity contribution is 6.06. The van der Waals surface area contributed by atoms with Crippen LogP contribution in [0.3, 0.4) is 0 Å². The third-order valence-electron chi connectivity index (χ3n) is 6.16. The molecule has 0 radical (unpaired) electrons. The van der Waals surface area contributed by atoms with Crippen LogP contribution in [0.2, 0.25) is 0 Å². The highest BCUT2D eigenvalue weighted by Gasteiger charge is 2.30. The van der Waals surface area contributed by atoms with Crippen LogP contribution in [-0.2, 0) is 13.0 Å². The summed E-state index contributed by atoms with van der Waals surface area (Å²) in [6.07, 6.45) is 9.69. The van der Waals surface area contributed by atoms with Crippen molar-refractivity contribution in [2.75, 3.05) is 11.9 Å². The van der Waals surface area contributed by atoms with Gasteiger partial charge in [0.25, 0.3) is 11.8 Å². The zero-order valence-corrected chi connectivity index (χ0v) is 17.2. The number of hydrogen-bond donors (Lipinski definition) is 1. The Bertz CT molecular complexity index is 867. The predicted octanol–water partition coefficient (Wildman–Crippen LogP) is 3.95. The highest BCUT2D eigenvalue weighted by atomic mass is 16.2. The van der Waals surface area contributed by atoms with Crippen molar-refractivity contribution in [3.63, 3.8) is 0 Å². The number of imidazole rings is 1. The van der Waals surface area contributed by atoms with E-state index in [0.717, 1.165) is 62.9 Å². The minimum atomic E-state index is -0.157. The Hall–Kier alpha value is -2.63. The van der Waals surface area contributed by atoms with Crippen LogP contribution in [0.1, 0.15) is 78.2 Å². The third kappa shape index (κ3) is 4.21. The summed E-state index contributed by atoms with van der Waals surface area (Å²) in [6, 6.07) is 9.77. The first kappa shape index (κ1) is 19.7. The average Bonchev–Trinajstić information content (AvgIpc) is 2.96. The molecule has 154 valence electrons. The van der Waals surface area contributed by atoms with E-state index >= 15 is 0 Å². The first-order valence-corrected chi connectivity index (χ1v) is 10.9. The van der Waals surface area contributed by atoms with Gasteiger partial charge in [0, 0.05) is 25.3 Å². The van der Waals surface area contributed by atoms with Crippen LogP contribution in [0.15, 0.2) is 30.3 Å². The van der Waals surface area contributed by atoms with Gasteiger partial charge in [-0.05, 0) is 44.2 Å². The molecule has 0 unspecified atom stereocenters. The van der Waals surface area contributed by atoms with Gasteiger partial charge >= 0.3 is 0 Å². The molecule has 1 N–H and O–H groups in total. The number of anilines is 1. The summed E-state index contributed by atoms with van der Waals surface area (Å²) in [7, 11) is 1.76. The van der Waals surface area contributed by atoms with Crippen molar-refractivity contribution in [3.8, 4) is 0 Å². The smallest absolute Gasteiger partial charge is 0.287 e. The molecule has 0 bridgehead atoms. The number of para-hydroxylation sites is 1. The van der Waals surface area contributed by atoms with E-state index in [4.69, 9.17) is 0 Å². The second kappa shape index (κ2) is 8.80. The zero-order chi connectivity index (χ0) is 20.2. The van der Waals surface area contributed by atoms with Crippen LogP contribution in [0, 0.1) is 0 Å². The first-order chi connectivity index (χ1) is 14.1. The molecule has 1 aliphatic heterocycles. The predicted molar refractivity (Wildman–Crippen MR) is 113 cm³/mol. The normalized spacial score (nSPS) is 17.3. The van der Waals surface area contributed by atoms with E-state index < -0.39 is 0 Å². The average molecular weight is 395 g/mol. The van der Waals surface area contributed by atoms with Gasteiger partial charge in [0.15, 0.2) is 11.5 Å². The molecule has 1 saturated carbocycles. The molecule has 1 aromatic carbocycles. The van der Waals surface area contributed by atoms with E-state index in [-0.39, 0.29) is 17.9 Å². The molecule has 2 aromatic rings. The van der Waals surface area contributed by atoms with Crippen molar-refractivity contribution in [3.05, 3.63) is 47.5 Å². The number of carbonyl (C=O) groups is 2. The topological polar surface area (TPSA) is 67.2 Å². The molecule has 2 amide bonds. The number of hydrogen-bond acceptors (Lipinski definition) is 3. The number of aromatic nitrogens is 2. The van der Waals surface area contributed by atoms with Gasteiger partial charge in [-0.25, -0.2) is 4.98 Å². The molecule has 0 spiro atoms. The SMILES string of the molecule is CN(C(=O)c1nc(C(=O)NC2CCCCCC2)n2c1CCCC2)c1ccccc1. The van der Waals surface area contributed by atoms with E-state index in [1.807, 2.05) is 34.9 Å². The molecule has 6 heteroatoms. The molecule has 2 aliphatic rings. The number of carbonyl (C=O) groups excluding carboxylic acids is 2. The summed E-state index contributed by atoms with van der Waals surface area (Å²) in [5, 5.41) is 3.19. The lowest BCUT2D eigenvalue weighted by Gasteiger charge is -2.20. The molecule has 4 rings (SSSR count). The maximum Gasteiger partial charge on any atom is 0.287 e. The van der Waals surface area contributed by atoms with Crippen LogP contribution < -0.4 is 10.2 Å². The molecule has 2 heterocycles. The van der Waals surface area contributed by atoms with Crippen LogP contribution in [-0.4, -0.2) is 34.5 Å². The van der Waals surface area contributed by atoms with E-state index in [2.05, 4.69) is 10.3 Å². The van der Waals surface area contributed by atoms with Crippen molar-refractivity contribution in [1.29, 1.82) is 0 Å². The van der Waals surface area contributed by atoms with Crippen molar-refractivity contribution in [2.45, 2.75) is 70.4 Å². The molecule has 0 atom stereocenters. The second-order valence-corrected chi connectivity index (χ2v) is 8.20. The van der Waals surface area contributed by atoms with E-state index in [1.54, 1.807) is 11.9 Å². The Kier molecular flexibility index (Phi) is 5.97. The summed E-state index contributed by atoms with van der Waals surface area (Å²) in [5.74, 6) is 0.102. The van der Waals surface area contributed by atoms with Gasteiger partial charge in [-0.1, -0.05) is 43.9 Å². The molecule has 1 fully saturated rings. The van der Waals surface area contributed by atoms with Crippen molar-refractivity contribution in [2.24, 2.45) is 0 Å². The van der Waals surface area contributed by atoms with Crippen LogP contribution in [0.4, 0.5) is 5.69 Å². The van der Waals surface area contributed by atoms with Crippen LogP contribution in [0.25, 0.3) is 0 Å². The lowest BCUT2D eigenvalue weighted by Crippen LogP contribution is -2.36. The van der Waals surface area contributed by atoms with E-state index in [0.29, 0.717) is 11.5 Å². The molecular weight excluding hydrogens is 364 g/mol. The van der Waals surface area contributed by atoms with E-state index in [9.17, 15) is 9.59 Å². The van der Waals surface area contributed by atoms with Crippen LogP contribution >= 0.6 is 0 Å². The fraction of sp³-hybridized carbons (Fsp3) is 0.522. The molecule has 0 saturated heterocycles. The summed E-state index contributed by atoms with van der Waals surface area (Å²) in [5.41, 5.74) is 2.14. The maximum atomic E-state index is 13.2. The van der Waals surface area contributed by atoms with Gasteiger partial charge in [0.05, 0.1) is 5.69 Å². The van der Waals surface area contributed by atoms with Gasteiger partial charge in [-0.2, -0.15) is 0 Å². The third-order valence-corrected chi connectivity index (χ3v) is 6.16. The largest absolute Gasteiger partial charge is 0.347 e. The highest BCUT2D eigenvalue weighted by Crippen LogP contribution is 2.24. The van der Waals surface area contributed by atoms with Crippen molar-refractivity contribution >= 4 is 17.5 Å². The standard InChI is InChI=1S/C23H30N4O2/c1-26(18-13-7-4-8-14-18)23(29)20-19-15-9-10-16-27(19)21(25-20)22(28)24-17-11-5-2-3-6-12-17/h4,7-8,13-14,17H,2-3,5-6,9-12,15-16H2,1H3,(H,24,28). The number of nitrogens with zero attached hydrogens (tertiary/aromatic N) is 3. The van der Waals surface area contributed by atoms with Crippen LogP contribution in [0.5, 0.6) is 0 Å². The van der Waals surface area contributed by atoms with Gasteiger partial charge in [-0.15, -0.1) is 0 Å². The number of benzene rings is 1. The summed E-state index contributed by atoms with van der Waals surface area (Å²) >= 11 is 0. The monoisotopic (exact) mass is 394 g/mol. The Morgan fingerprint density at radius 1 is 1.03 bits per heavy atom. The van der Waals surface area contributed by atoms with E-state index in [1.165, 1.54) is 12.8 Å². The van der Waals surface area contributed by atoms with Gasteiger partial charge < -0.3 is 14.8 Å². The Morgan fingerprint density at radius 3 is 2.48 bits per heavy atom. The fourth-order valence-corrected chi connectivity index (χ4v) is 4.49. The number of amides is 2. The Balaban J connectivity index is 1.60. The van der Waals surface area contributed by atoms with Gasteiger partial charge in [0.1, 0.15) is 0 Å². The minimum absolute atomic E-state index is 0.138. The second-order valence-electron chi connectivity index (χ2n) is 8.20. The quantitative estimate of drug-likeness (QED) is 0.799. The molecule has 29 heavy (non-hydrogen) atoms. The zero-order valence-electron chi connectivity index (χ0n) is 17.2. The molecular formula is C23H30N4O2. The lowest BCUT2D eigenvalue weighted by atomic mass is 10.1. The Labute approximate surface area is 172 Å². The molecule has 6 nitrogen and oxygen atoms in total.